The van der Waals surface area contributed by atoms with E-state index in [0.29, 0.717) is 6.04 Å². The van der Waals surface area contributed by atoms with E-state index < -0.39 is 0 Å². The first-order chi connectivity index (χ1) is 8.33. The summed E-state index contributed by atoms with van der Waals surface area (Å²) in [6.07, 6.45) is 5.34. The van der Waals surface area contributed by atoms with Crippen LogP contribution in [0.5, 0.6) is 0 Å². The summed E-state index contributed by atoms with van der Waals surface area (Å²) in [5.41, 5.74) is 2.51. The molecule has 1 aromatic heterocycles. The molecule has 0 aliphatic carbocycles. The second kappa shape index (κ2) is 6.17. The summed E-state index contributed by atoms with van der Waals surface area (Å²) < 4.78 is 0. The Kier molecular flexibility index (Phi) is 4.57. The van der Waals surface area contributed by atoms with E-state index in [1.165, 1.54) is 37.3 Å². The van der Waals surface area contributed by atoms with Crippen molar-refractivity contribution in [2.75, 3.05) is 19.6 Å². The van der Waals surface area contributed by atoms with Crippen LogP contribution >= 0.6 is 0 Å². The first-order valence-electron chi connectivity index (χ1n) is 6.80. The van der Waals surface area contributed by atoms with E-state index in [2.05, 4.69) is 34.0 Å². The van der Waals surface area contributed by atoms with Gasteiger partial charge in [-0.05, 0) is 25.9 Å². The lowest BCUT2D eigenvalue weighted by molar-refractivity contribution is 0.235. The van der Waals surface area contributed by atoms with E-state index in [4.69, 9.17) is 0 Å². The van der Waals surface area contributed by atoms with Gasteiger partial charge in [-0.25, -0.2) is 4.98 Å². The maximum atomic E-state index is 4.39. The van der Waals surface area contributed by atoms with Crippen LogP contribution in [0.1, 0.15) is 38.1 Å². The Morgan fingerprint density at radius 3 is 2.82 bits per heavy atom. The summed E-state index contributed by atoms with van der Waals surface area (Å²) in [5.74, 6) is 0. The normalized spacial score (nSPS) is 19.6. The number of aromatic nitrogens is 2. The predicted octanol–water partition coefficient (Wildman–Crippen LogP) is 1.55. The summed E-state index contributed by atoms with van der Waals surface area (Å²) in [5, 5.41) is 3.60. The topological polar surface area (TPSA) is 44.0 Å². The van der Waals surface area contributed by atoms with Gasteiger partial charge < -0.3 is 15.2 Å². The number of H-pyrrole nitrogens is 1. The summed E-state index contributed by atoms with van der Waals surface area (Å²) >= 11 is 0. The monoisotopic (exact) mass is 236 g/mol. The van der Waals surface area contributed by atoms with Gasteiger partial charge in [0.15, 0.2) is 0 Å². The number of hydrogen-bond acceptors (Lipinski definition) is 3. The fraction of sp³-hybridized carbons (Fsp3) is 0.769. The molecule has 96 valence electrons. The van der Waals surface area contributed by atoms with Gasteiger partial charge >= 0.3 is 0 Å². The number of nitrogens with one attached hydrogen (secondary N) is 2. The van der Waals surface area contributed by atoms with Crippen LogP contribution in [-0.2, 0) is 13.0 Å². The second-order valence-electron chi connectivity index (χ2n) is 4.91. The van der Waals surface area contributed by atoms with Crippen molar-refractivity contribution in [1.82, 2.24) is 20.2 Å². The number of hydrogen-bond donors (Lipinski definition) is 2. The van der Waals surface area contributed by atoms with Crippen molar-refractivity contribution in [2.45, 2.75) is 45.7 Å². The van der Waals surface area contributed by atoms with Crippen LogP contribution < -0.4 is 5.32 Å². The molecule has 17 heavy (non-hydrogen) atoms. The number of rotatable bonds is 6. The minimum Gasteiger partial charge on any atom is -0.347 e. The summed E-state index contributed by atoms with van der Waals surface area (Å²) in [6, 6.07) is 0.559. The molecule has 0 saturated carbocycles. The lowest BCUT2D eigenvalue weighted by Crippen LogP contribution is -2.45. The third-order valence-electron chi connectivity index (χ3n) is 3.37. The van der Waals surface area contributed by atoms with Gasteiger partial charge in [0.2, 0.25) is 0 Å². The minimum absolute atomic E-state index is 0.559. The highest BCUT2D eigenvalue weighted by Crippen LogP contribution is 2.13. The molecular weight excluding hydrogens is 212 g/mol. The number of fused-ring (bicyclic) bond motifs is 1. The molecule has 0 amide bonds. The Morgan fingerprint density at radius 2 is 2.12 bits per heavy atom. The molecule has 1 aliphatic rings. The summed E-state index contributed by atoms with van der Waals surface area (Å²) in [7, 11) is 0. The van der Waals surface area contributed by atoms with Gasteiger partial charge in [0, 0.05) is 25.6 Å². The Hall–Kier alpha value is -0.870. The van der Waals surface area contributed by atoms with Gasteiger partial charge in [-0.1, -0.05) is 13.8 Å². The van der Waals surface area contributed by atoms with Crippen molar-refractivity contribution in [3.63, 3.8) is 0 Å². The largest absolute Gasteiger partial charge is 0.347 e. The average Bonchev–Trinajstić information content (AvgIpc) is 2.77. The van der Waals surface area contributed by atoms with Crippen LogP contribution in [0.15, 0.2) is 6.33 Å². The van der Waals surface area contributed by atoms with Crippen molar-refractivity contribution in [2.24, 2.45) is 0 Å². The van der Waals surface area contributed by atoms with E-state index >= 15 is 0 Å². The van der Waals surface area contributed by atoms with Crippen LogP contribution in [0.3, 0.4) is 0 Å². The number of aromatic amines is 1. The molecule has 2 heterocycles. The lowest BCUT2D eigenvalue weighted by atomic mass is 10.0. The molecule has 0 spiro atoms. The molecule has 4 nitrogen and oxygen atoms in total. The Balaban J connectivity index is 1.87. The Morgan fingerprint density at radius 1 is 1.35 bits per heavy atom. The highest BCUT2D eigenvalue weighted by Gasteiger charge is 2.21. The van der Waals surface area contributed by atoms with Crippen molar-refractivity contribution in [3.8, 4) is 0 Å². The van der Waals surface area contributed by atoms with Gasteiger partial charge in [-0.15, -0.1) is 0 Å². The molecule has 4 heteroatoms. The first-order valence-corrected chi connectivity index (χ1v) is 6.80. The zero-order valence-electron chi connectivity index (χ0n) is 11.0. The second-order valence-corrected chi connectivity index (χ2v) is 4.91. The molecule has 0 saturated heterocycles. The molecule has 2 N–H and O–H groups in total. The zero-order valence-corrected chi connectivity index (χ0v) is 11.0. The molecule has 1 unspecified atom stereocenters. The minimum atomic E-state index is 0.559. The van der Waals surface area contributed by atoms with Crippen LogP contribution in [0.25, 0.3) is 0 Å². The lowest BCUT2D eigenvalue weighted by Gasteiger charge is -2.29. The molecule has 0 aromatic carbocycles. The average molecular weight is 236 g/mol. The zero-order chi connectivity index (χ0) is 12.1. The van der Waals surface area contributed by atoms with Crippen LogP contribution in [0, 0.1) is 0 Å². The molecule has 0 fully saturated rings. The van der Waals surface area contributed by atoms with Crippen LogP contribution in [-0.4, -0.2) is 40.5 Å². The summed E-state index contributed by atoms with van der Waals surface area (Å²) in [4.78, 5) is 10.2. The van der Waals surface area contributed by atoms with Gasteiger partial charge in [0.25, 0.3) is 0 Å². The Bertz CT molecular complexity index is 328. The fourth-order valence-electron chi connectivity index (χ4n) is 2.60. The Labute approximate surface area is 104 Å². The van der Waals surface area contributed by atoms with E-state index in [9.17, 15) is 0 Å². The fourth-order valence-corrected chi connectivity index (χ4v) is 2.60. The molecule has 1 aliphatic heterocycles. The predicted molar refractivity (Wildman–Crippen MR) is 69.9 cm³/mol. The maximum absolute atomic E-state index is 4.39. The number of imidazole rings is 1. The van der Waals surface area contributed by atoms with E-state index in [-0.39, 0.29) is 0 Å². The van der Waals surface area contributed by atoms with Gasteiger partial charge in [-0.3, -0.25) is 0 Å². The van der Waals surface area contributed by atoms with Gasteiger partial charge in [-0.2, -0.15) is 0 Å². The molecule has 2 rings (SSSR count). The van der Waals surface area contributed by atoms with Crippen molar-refractivity contribution in [1.29, 1.82) is 0 Å². The third-order valence-corrected chi connectivity index (χ3v) is 3.37. The van der Waals surface area contributed by atoms with Crippen LogP contribution in [0.2, 0.25) is 0 Å². The summed E-state index contributed by atoms with van der Waals surface area (Å²) in [6.45, 7) is 9.00. The highest BCUT2D eigenvalue weighted by molar-refractivity contribution is 5.15. The third kappa shape index (κ3) is 3.30. The highest BCUT2D eigenvalue weighted by atomic mass is 15.2. The van der Waals surface area contributed by atoms with Crippen molar-refractivity contribution >= 4 is 0 Å². The van der Waals surface area contributed by atoms with E-state index in [1.807, 2.05) is 6.33 Å². The molecule has 1 aromatic rings. The van der Waals surface area contributed by atoms with Crippen molar-refractivity contribution in [3.05, 3.63) is 17.7 Å². The first kappa shape index (κ1) is 12.6. The smallest absolute Gasteiger partial charge is 0.0925 e. The molecule has 1 atom stereocenters. The SMILES string of the molecule is CCCN(CCC)CC1Cc2nc[nH]c2CN1. The molecule has 0 radical (unpaired) electrons. The van der Waals surface area contributed by atoms with Crippen LogP contribution in [0.4, 0.5) is 0 Å². The van der Waals surface area contributed by atoms with Crippen molar-refractivity contribution < 1.29 is 0 Å². The molecular formula is C13H24N4. The van der Waals surface area contributed by atoms with E-state index in [1.54, 1.807) is 0 Å². The molecule has 0 bridgehead atoms. The standard InChI is InChI=1S/C13H24N4/c1-3-5-17(6-4-2)9-11-7-12-13(8-14-11)16-10-15-12/h10-11,14H,3-9H2,1-2H3,(H,15,16). The van der Waals surface area contributed by atoms with Gasteiger partial charge in [0.05, 0.1) is 17.7 Å². The maximum Gasteiger partial charge on any atom is 0.0925 e. The quantitative estimate of drug-likeness (QED) is 0.787. The van der Waals surface area contributed by atoms with E-state index in [0.717, 1.165) is 19.5 Å². The number of nitrogens with zero attached hydrogens (tertiary/aromatic N) is 2. The van der Waals surface area contributed by atoms with Gasteiger partial charge in [0.1, 0.15) is 0 Å².